The quantitative estimate of drug-likeness (QED) is 0.490. The molecule has 4 rings (SSSR count). The van der Waals surface area contributed by atoms with E-state index in [0.717, 1.165) is 29.2 Å². The second-order valence-corrected chi connectivity index (χ2v) is 7.97. The summed E-state index contributed by atoms with van der Waals surface area (Å²) in [4.78, 5) is 8.53. The largest absolute Gasteiger partial charge is 0.236 e. The molecule has 0 radical (unpaired) electrons. The van der Waals surface area contributed by atoms with E-state index in [9.17, 15) is 8.78 Å². The molecule has 30 heavy (non-hydrogen) atoms. The van der Waals surface area contributed by atoms with E-state index in [1.54, 1.807) is 12.4 Å². The lowest BCUT2D eigenvalue weighted by molar-refractivity contribution is 0.319. The molecule has 3 nitrogen and oxygen atoms in total. The molecule has 0 saturated heterocycles. The Morgan fingerprint density at radius 3 is 2.03 bits per heavy atom. The van der Waals surface area contributed by atoms with Gasteiger partial charge in [0.25, 0.3) is 0 Å². The van der Waals surface area contributed by atoms with Crippen molar-refractivity contribution in [3.63, 3.8) is 0 Å². The minimum atomic E-state index is -0.913. The van der Waals surface area contributed by atoms with Gasteiger partial charge in [-0.1, -0.05) is 37.6 Å². The lowest BCUT2D eigenvalue weighted by atomic mass is 9.78. The van der Waals surface area contributed by atoms with Gasteiger partial charge >= 0.3 is 0 Å². The van der Waals surface area contributed by atoms with Gasteiger partial charge in [0.1, 0.15) is 23.3 Å². The molecule has 1 aliphatic carbocycles. The highest BCUT2D eigenvalue weighted by atomic mass is 19.1. The second kappa shape index (κ2) is 8.71. The van der Waals surface area contributed by atoms with E-state index in [2.05, 4.69) is 41.2 Å². The number of aromatic nitrogens is 2. The van der Waals surface area contributed by atoms with E-state index in [4.69, 9.17) is 5.26 Å². The first kappa shape index (κ1) is 20.2. The van der Waals surface area contributed by atoms with E-state index in [1.807, 2.05) is 0 Å². The maximum absolute atomic E-state index is 13.9. The molecule has 0 unspecified atom stereocenters. The van der Waals surface area contributed by atoms with Crippen molar-refractivity contribution in [3.8, 4) is 28.6 Å². The Morgan fingerprint density at radius 2 is 1.50 bits per heavy atom. The predicted molar refractivity (Wildman–Crippen MR) is 113 cm³/mol. The number of halogens is 2. The normalized spacial score (nSPS) is 18.7. The van der Waals surface area contributed by atoms with Crippen molar-refractivity contribution in [1.29, 1.82) is 5.26 Å². The number of nitriles is 1. The van der Waals surface area contributed by atoms with Gasteiger partial charge in [-0.3, -0.25) is 0 Å². The van der Waals surface area contributed by atoms with Gasteiger partial charge in [0.2, 0.25) is 0 Å². The van der Waals surface area contributed by atoms with Crippen molar-refractivity contribution in [2.24, 2.45) is 5.92 Å². The number of rotatable bonds is 4. The lowest BCUT2D eigenvalue weighted by Crippen LogP contribution is -2.12. The summed E-state index contributed by atoms with van der Waals surface area (Å²) >= 11 is 0. The van der Waals surface area contributed by atoms with Gasteiger partial charge in [0, 0.05) is 23.5 Å². The summed E-state index contributed by atoms with van der Waals surface area (Å²) in [7, 11) is 0. The van der Waals surface area contributed by atoms with E-state index in [1.165, 1.54) is 43.7 Å². The molecule has 0 N–H and O–H groups in total. The average Bonchev–Trinajstić information content (AvgIpc) is 2.79. The van der Waals surface area contributed by atoms with Crippen LogP contribution in [0.25, 0.3) is 22.5 Å². The zero-order valence-electron chi connectivity index (χ0n) is 16.9. The van der Waals surface area contributed by atoms with Crippen LogP contribution in [-0.4, -0.2) is 9.97 Å². The van der Waals surface area contributed by atoms with Gasteiger partial charge in [0.05, 0.1) is 0 Å². The minimum Gasteiger partial charge on any atom is -0.236 e. The van der Waals surface area contributed by atoms with Crippen LogP contribution in [0.15, 0.2) is 48.8 Å². The Hall–Kier alpha value is -3.13. The van der Waals surface area contributed by atoms with Crippen LogP contribution in [0.3, 0.4) is 0 Å². The maximum Gasteiger partial charge on any atom is 0.159 e. The average molecular weight is 403 g/mol. The molecule has 152 valence electrons. The van der Waals surface area contributed by atoms with Crippen LogP contribution in [0.2, 0.25) is 0 Å². The van der Waals surface area contributed by atoms with Crippen LogP contribution in [-0.2, 0) is 0 Å². The number of nitrogens with zero attached hydrogens (tertiary/aromatic N) is 3. The van der Waals surface area contributed by atoms with E-state index in [-0.39, 0.29) is 11.4 Å². The van der Waals surface area contributed by atoms with Crippen LogP contribution in [0.5, 0.6) is 0 Å². The number of benzene rings is 2. The first-order valence-corrected chi connectivity index (χ1v) is 10.4. The third-order valence-electron chi connectivity index (χ3n) is 6.20. The molecule has 0 bridgehead atoms. The predicted octanol–water partition coefficient (Wildman–Crippen LogP) is 6.64. The fourth-order valence-electron chi connectivity index (χ4n) is 4.29. The van der Waals surface area contributed by atoms with Crippen molar-refractivity contribution in [2.45, 2.75) is 44.9 Å². The van der Waals surface area contributed by atoms with E-state index in [0.29, 0.717) is 5.92 Å². The van der Waals surface area contributed by atoms with Crippen LogP contribution < -0.4 is 0 Å². The molecular formula is C25H23F2N3. The first-order chi connectivity index (χ1) is 14.6. The highest BCUT2D eigenvalue weighted by molar-refractivity contribution is 5.64. The van der Waals surface area contributed by atoms with Gasteiger partial charge in [0.15, 0.2) is 5.82 Å². The van der Waals surface area contributed by atoms with Gasteiger partial charge in [-0.15, -0.1) is 0 Å². The van der Waals surface area contributed by atoms with Crippen molar-refractivity contribution in [1.82, 2.24) is 9.97 Å². The SMILES string of the molecule is CCC1CCC(c2ccc(-c3cnc(-c4cc(F)c(C#N)c(F)c4)nc3)cc2)CC1. The highest BCUT2D eigenvalue weighted by Crippen LogP contribution is 2.37. The van der Waals surface area contributed by atoms with Gasteiger partial charge in [-0.2, -0.15) is 5.26 Å². The maximum atomic E-state index is 13.9. The summed E-state index contributed by atoms with van der Waals surface area (Å²) in [6.07, 6.45) is 9.73. The molecular weight excluding hydrogens is 380 g/mol. The molecule has 3 aromatic rings. The van der Waals surface area contributed by atoms with Crippen molar-refractivity contribution >= 4 is 0 Å². The Kier molecular flexibility index (Phi) is 5.85. The molecule has 0 aliphatic heterocycles. The smallest absolute Gasteiger partial charge is 0.159 e. The zero-order chi connectivity index (χ0) is 21.1. The Bertz CT molecular complexity index is 1040. The molecule has 1 heterocycles. The van der Waals surface area contributed by atoms with Crippen LogP contribution in [0.4, 0.5) is 8.78 Å². The Balaban J connectivity index is 1.50. The minimum absolute atomic E-state index is 0.202. The van der Waals surface area contributed by atoms with E-state index < -0.39 is 17.2 Å². The van der Waals surface area contributed by atoms with Crippen molar-refractivity contribution < 1.29 is 8.78 Å². The monoisotopic (exact) mass is 403 g/mol. The number of hydrogen-bond acceptors (Lipinski definition) is 3. The van der Waals surface area contributed by atoms with E-state index >= 15 is 0 Å². The van der Waals surface area contributed by atoms with Gasteiger partial charge < -0.3 is 0 Å². The lowest BCUT2D eigenvalue weighted by Gasteiger charge is -2.28. The van der Waals surface area contributed by atoms with Crippen LogP contribution >= 0.6 is 0 Å². The summed E-state index contributed by atoms with van der Waals surface area (Å²) < 4.78 is 27.7. The second-order valence-electron chi connectivity index (χ2n) is 7.97. The molecule has 1 fully saturated rings. The molecule has 0 atom stereocenters. The molecule has 1 saturated carbocycles. The topological polar surface area (TPSA) is 49.6 Å². The van der Waals surface area contributed by atoms with Gasteiger partial charge in [-0.05, 0) is 60.8 Å². The molecule has 2 aromatic carbocycles. The summed E-state index contributed by atoms with van der Waals surface area (Å²) in [6, 6.07) is 12.2. The van der Waals surface area contributed by atoms with Crippen molar-refractivity contribution in [2.75, 3.05) is 0 Å². The summed E-state index contributed by atoms with van der Waals surface area (Å²) in [5, 5.41) is 8.79. The molecule has 5 heteroatoms. The summed E-state index contributed by atoms with van der Waals surface area (Å²) in [6.45, 7) is 2.28. The van der Waals surface area contributed by atoms with Crippen molar-refractivity contribution in [3.05, 3.63) is 71.6 Å². The fraction of sp³-hybridized carbons (Fsp3) is 0.320. The standard InChI is InChI=1S/C25H23F2N3/c1-2-16-3-5-17(6-4-16)18-7-9-19(10-8-18)21-14-29-25(30-15-21)20-11-23(26)22(13-28)24(27)12-20/h7-12,14-17H,2-6H2,1H3. The third-order valence-corrected chi connectivity index (χ3v) is 6.20. The molecule has 1 aromatic heterocycles. The first-order valence-electron chi connectivity index (χ1n) is 10.4. The van der Waals surface area contributed by atoms with Gasteiger partial charge in [-0.25, -0.2) is 18.7 Å². The number of hydrogen-bond donors (Lipinski definition) is 0. The van der Waals surface area contributed by atoms with Crippen LogP contribution in [0.1, 0.15) is 56.1 Å². The highest BCUT2D eigenvalue weighted by Gasteiger charge is 2.21. The molecule has 0 amide bonds. The zero-order valence-corrected chi connectivity index (χ0v) is 16.9. The van der Waals surface area contributed by atoms with Crippen LogP contribution in [0, 0.1) is 28.9 Å². The fourth-order valence-corrected chi connectivity index (χ4v) is 4.29. The summed E-state index contributed by atoms with van der Waals surface area (Å²) in [5.74, 6) is -0.0892. The third kappa shape index (κ3) is 4.09. The molecule has 0 spiro atoms. The Morgan fingerprint density at radius 1 is 0.900 bits per heavy atom. The summed E-state index contributed by atoms with van der Waals surface area (Å²) in [5.41, 5.74) is 2.83. The Labute approximate surface area is 175 Å². The molecule has 1 aliphatic rings.